The molecule has 116 valence electrons. The molecule has 1 saturated heterocycles. The number of nitrogens with zero attached hydrogens (tertiary/aromatic N) is 2. The van der Waals surface area contributed by atoms with Crippen LogP contribution in [0.2, 0.25) is 0 Å². The van der Waals surface area contributed by atoms with E-state index in [-0.39, 0.29) is 19.1 Å². The molecule has 2 rings (SSSR count). The number of rotatable bonds is 4. The molecule has 0 aliphatic carbocycles. The minimum atomic E-state index is -0.934. The van der Waals surface area contributed by atoms with Crippen molar-refractivity contribution in [1.82, 2.24) is 9.80 Å². The van der Waals surface area contributed by atoms with Crippen LogP contribution in [0.25, 0.3) is 0 Å². The van der Waals surface area contributed by atoms with E-state index in [0.29, 0.717) is 19.7 Å². The Bertz CT molecular complexity index is 513. The van der Waals surface area contributed by atoms with Crippen LogP contribution in [-0.2, 0) is 16.1 Å². The predicted octanol–water partition coefficient (Wildman–Crippen LogP) is 1.32. The fraction of sp³-hybridized carbons (Fsp3) is 0.571. The molecule has 1 aromatic rings. The van der Waals surface area contributed by atoms with Gasteiger partial charge in [0.25, 0.3) is 0 Å². The molecule has 1 unspecified atom stereocenters. The first kappa shape index (κ1) is 15.4. The zero-order chi connectivity index (χ0) is 15.4. The van der Waals surface area contributed by atoms with Crippen molar-refractivity contribution in [2.45, 2.75) is 25.9 Å². The highest BCUT2D eigenvalue weighted by Crippen LogP contribution is 2.16. The normalized spacial score (nSPS) is 18.6. The lowest BCUT2D eigenvalue weighted by Gasteiger charge is -2.37. The molecular formula is C14H20N2O5. The Balaban J connectivity index is 2.02. The highest BCUT2D eigenvalue weighted by molar-refractivity contribution is 5.76. The third-order valence-corrected chi connectivity index (χ3v) is 3.58. The molecule has 1 N–H and O–H groups in total. The van der Waals surface area contributed by atoms with Crippen molar-refractivity contribution in [3.63, 3.8) is 0 Å². The van der Waals surface area contributed by atoms with Crippen LogP contribution in [0.1, 0.15) is 17.7 Å². The highest BCUT2D eigenvalue weighted by Gasteiger charge is 2.31. The third kappa shape index (κ3) is 3.75. The van der Waals surface area contributed by atoms with E-state index in [4.69, 9.17) is 14.3 Å². The van der Waals surface area contributed by atoms with Gasteiger partial charge in [-0.1, -0.05) is 0 Å². The Hall–Kier alpha value is -2.02. The van der Waals surface area contributed by atoms with E-state index >= 15 is 0 Å². The van der Waals surface area contributed by atoms with Crippen molar-refractivity contribution in [2.75, 3.05) is 26.8 Å². The number of furan rings is 1. The number of carbonyl (C=O) groups excluding carboxylic acids is 1. The average molecular weight is 296 g/mol. The summed E-state index contributed by atoms with van der Waals surface area (Å²) in [5.41, 5.74) is 0.939. The Morgan fingerprint density at radius 3 is 2.90 bits per heavy atom. The Labute approximate surface area is 123 Å². The van der Waals surface area contributed by atoms with Gasteiger partial charge in [0.1, 0.15) is 5.76 Å². The number of hydrogen-bond acceptors (Lipinski definition) is 4. The van der Waals surface area contributed by atoms with Gasteiger partial charge in [-0.05, 0) is 13.0 Å². The molecule has 0 radical (unpaired) electrons. The fourth-order valence-electron chi connectivity index (χ4n) is 2.40. The monoisotopic (exact) mass is 296 g/mol. The van der Waals surface area contributed by atoms with Gasteiger partial charge in [0, 0.05) is 19.2 Å². The number of ether oxygens (including phenoxy) is 1. The molecule has 1 atom stereocenters. The van der Waals surface area contributed by atoms with Crippen molar-refractivity contribution < 1.29 is 23.8 Å². The lowest BCUT2D eigenvalue weighted by Crippen LogP contribution is -2.53. The van der Waals surface area contributed by atoms with Crippen LogP contribution in [0.4, 0.5) is 4.79 Å². The summed E-state index contributed by atoms with van der Waals surface area (Å²) in [6.07, 6.45) is 1.48. The summed E-state index contributed by atoms with van der Waals surface area (Å²) in [5, 5.41) is 8.93. The van der Waals surface area contributed by atoms with Gasteiger partial charge in [-0.15, -0.1) is 0 Å². The number of amides is 2. The third-order valence-electron chi connectivity index (χ3n) is 3.58. The summed E-state index contributed by atoms with van der Waals surface area (Å²) < 4.78 is 10.5. The van der Waals surface area contributed by atoms with Crippen LogP contribution in [0.15, 0.2) is 16.7 Å². The summed E-state index contributed by atoms with van der Waals surface area (Å²) in [5.74, 6) is -0.157. The second kappa shape index (κ2) is 6.62. The maximum Gasteiger partial charge on any atom is 0.320 e. The van der Waals surface area contributed by atoms with Gasteiger partial charge >= 0.3 is 12.0 Å². The number of aliphatic carboxylic acids is 1. The minimum Gasteiger partial charge on any atom is -0.481 e. The van der Waals surface area contributed by atoms with Gasteiger partial charge in [-0.25, -0.2) is 4.79 Å². The van der Waals surface area contributed by atoms with Gasteiger partial charge in [-0.3, -0.25) is 4.79 Å². The zero-order valence-corrected chi connectivity index (χ0v) is 12.2. The first-order valence-electron chi connectivity index (χ1n) is 6.83. The molecule has 1 aromatic heterocycles. The molecule has 0 bridgehead atoms. The largest absolute Gasteiger partial charge is 0.481 e. The first-order valence-corrected chi connectivity index (χ1v) is 6.83. The lowest BCUT2D eigenvalue weighted by atomic mass is 10.1. The summed E-state index contributed by atoms with van der Waals surface area (Å²) in [6, 6.07) is 1.22. The van der Waals surface area contributed by atoms with Crippen LogP contribution in [0, 0.1) is 6.92 Å². The van der Waals surface area contributed by atoms with E-state index < -0.39 is 12.0 Å². The molecule has 7 nitrogen and oxygen atoms in total. The lowest BCUT2D eigenvalue weighted by molar-refractivity contribution is -0.139. The summed E-state index contributed by atoms with van der Waals surface area (Å²) >= 11 is 0. The molecule has 0 saturated carbocycles. The molecule has 1 aliphatic heterocycles. The number of aryl methyl sites for hydroxylation is 1. The minimum absolute atomic E-state index is 0.107. The van der Waals surface area contributed by atoms with Crippen LogP contribution < -0.4 is 0 Å². The van der Waals surface area contributed by atoms with Gasteiger partial charge < -0.3 is 24.1 Å². The van der Waals surface area contributed by atoms with Gasteiger partial charge in [0.05, 0.1) is 38.5 Å². The number of carboxylic acid groups (broad SMARTS) is 1. The Morgan fingerprint density at radius 1 is 1.52 bits per heavy atom. The molecule has 0 aromatic carbocycles. The summed E-state index contributed by atoms with van der Waals surface area (Å²) in [6.45, 7) is 3.37. The van der Waals surface area contributed by atoms with E-state index in [1.54, 1.807) is 23.1 Å². The SMILES string of the molecule is Cc1occc1CN(C)C(=O)N1CCOCC1CC(=O)O. The quantitative estimate of drug-likeness (QED) is 0.906. The van der Waals surface area contributed by atoms with Gasteiger partial charge in [0.2, 0.25) is 0 Å². The van der Waals surface area contributed by atoms with Crippen LogP contribution in [0.5, 0.6) is 0 Å². The average Bonchev–Trinajstić information content (AvgIpc) is 2.83. The van der Waals surface area contributed by atoms with Gasteiger partial charge in [-0.2, -0.15) is 0 Å². The number of morpholine rings is 1. The molecule has 0 spiro atoms. The highest BCUT2D eigenvalue weighted by atomic mass is 16.5. The van der Waals surface area contributed by atoms with E-state index in [1.165, 1.54) is 0 Å². The van der Waals surface area contributed by atoms with Crippen LogP contribution >= 0.6 is 0 Å². The van der Waals surface area contributed by atoms with E-state index in [0.717, 1.165) is 11.3 Å². The molecular weight excluding hydrogens is 276 g/mol. The van der Waals surface area contributed by atoms with Gasteiger partial charge in [0.15, 0.2) is 0 Å². The van der Waals surface area contributed by atoms with Crippen molar-refractivity contribution in [3.05, 3.63) is 23.7 Å². The fourth-order valence-corrected chi connectivity index (χ4v) is 2.40. The molecule has 1 aliphatic rings. The molecule has 2 heterocycles. The smallest absolute Gasteiger partial charge is 0.320 e. The first-order chi connectivity index (χ1) is 9.99. The van der Waals surface area contributed by atoms with Crippen molar-refractivity contribution in [2.24, 2.45) is 0 Å². The molecule has 2 amide bonds. The van der Waals surface area contributed by atoms with Crippen molar-refractivity contribution in [3.8, 4) is 0 Å². The molecule has 21 heavy (non-hydrogen) atoms. The van der Waals surface area contributed by atoms with E-state index in [9.17, 15) is 9.59 Å². The van der Waals surface area contributed by atoms with Crippen LogP contribution in [-0.4, -0.2) is 59.8 Å². The summed E-state index contributed by atoms with van der Waals surface area (Å²) in [4.78, 5) is 26.5. The molecule has 1 fully saturated rings. The van der Waals surface area contributed by atoms with Crippen molar-refractivity contribution in [1.29, 1.82) is 0 Å². The Morgan fingerprint density at radius 2 is 2.29 bits per heavy atom. The second-order valence-electron chi connectivity index (χ2n) is 5.16. The number of carbonyl (C=O) groups is 2. The van der Waals surface area contributed by atoms with Crippen LogP contribution in [0.3, 0.4) is 0 Å². The van der Waals surface area contributed by atoms with E-state index in [2.05, 4.69) is 0 Å². The number of carboxylic acids is 1. The summed E-state index contributed by atoms with van der Waals surface area (Å²) in [7, 11) is 1.70. The van der Waals surface area contributed by atoms with Crippen molar-refractivity contribution >= 4 is 12.0 Å². The number of hydrogen-bond donors (Lipinski definition) is 1. The molecule has 7 heteroatoms. The van der Waals surface area contributed by atoms with E-state index in [1.807, 2.05) is 13.0 Å². The zero-order valence-electron chi connectivity index (χ0n) is 12.2. The standard InChI is InChI=1S/C14H20N2O5/c1-10-11(3-5-21-10)8-15(2)14(19)16-4-6-20-9-12(16)7-13(17)18/h3,5,12H,4,6-9H2,1-2H3,(H,17,18). The predicted molar refractivity (Wildman–Crippen MR) is 73.9 cm³/mol. The topological polar surface area (TPSA) is 83.2 Å². The number of urea groups is 1. The Kier molecular flexibility index (Phi) is 4.85. The maximum atomic E-state index is 12.5. The maximum absolute atomic E-state index is 12.5. The second-order valence-corrected chi connectivity index (χ2v) is 5.16.